The van der Waals surface area contributed by atoms with Gasteiger partial charge in [-0.25, -0.2) is 9.59 Å². The molecular formula is C28H34N2O5. The first-order chi connectivity index (χ1) is 16.9. The Balaban J connectivity index is 1.45. The summed E-state index contributed by atoms with van der Waals surface area (Å²) in [5.41, 5.74) is 4.53. The third kappa shape index (κ3) is 5.19. The maximum Gasteiger partial charge on any atom is 0.407 e. The topological polar surface area (TPSA) is 95.9 Å². The second kappa shape index (κ2) is 10.9. The van der Waals surface area contributed by atoms with Crippen molar-refractivity contribution in [1.29, 1.82) is 0 Å². The van der Waals surface area contributed by atoms with Gasteiger partial charge in [-0.05, 0) is 47.4 Å². The van der Waals surface area contributed by atoms with Crippen LogP contribution in [0, 0.1) is 5.92 Å². The molecule has 1 aliphatic heterocycles. The molecule has 1 aliphatic carbocycles. The highest BCUT2D eigenvalue weighted by atomic mass is 16.5. The van der Waals surface area contributed by atoms with Crippen LogP contribution >= 0.6 is 0 Å². The standard InChI is InChI=1S/C28H34N2O5/c1-3-4-15-24(26(31)30-16-9-10-18(2)25(30)27(32)33)29-28(34)35-17-23-21-13-7-5-11-19(21)20-12-6-8-14-22(20)23/h5-8,11-14,18,23-25H,3-4,9-10,15-17H2,1-2H3,(H,29,34)(H,32,33)/t18?,24-,25?/m0/s1. The van der Waals surface area contributed by atoms with E-state index in [0.717, 1.165) is 47.9 Å². The lowest BCUT2D eigenvalue weighted by molar-refractivity contribution is -0.155. The van der Waals surface area contributed by atoms with Crippen molar-refractivity contribution in [3.05, 3.63) is 59.7 Å². The number of fused-ring (bicyclic) bond motifs is 3. The van der Waals surface area contributed by atoms with Crippen LogP contribution in [0.1, 0.15) is 63.0 Å². The Morgan fingerprint density at radius 2 is 1.71 bits per heavy atom. The molecule has 1 heterocycles. The van der Waals surface area contributed by atoms with Crippen LogP contribution in [0.4, 0.5) is 4.79 Å². The lowest BCUT2D eigenvalue weighted by atomic mass is 9.90. The van der Waals surface area contributed by atoms with Crippen LogP contribution < -0.4 is 5.32 Å². The molecule has 1 saturated heterocycles. The Morgan fingerprint density at radius 3 is 2.31 bits per heavy atom. The quantitative estimate of drug-likeness (QED) is 0.568. The Kier molecular flexibility index (Phi) is 7.73. The van der Waals surface area contributed by atoms with Gasteiger partial charge in [0.05, 0.1) is 0 Å². The number of hydrogen-bond donors (Lipinski definition) is 2. The second-order valence-electron chi connectivity index (χ2n) is 9.60. The molecule has 0 bridgehead atoms. The minimum atomic E-state index is -0.999. The predicted octanol–water partition coefficient (Wildman–Crippen LogP) is 4.80. The number of unbranched alkanes of at least 4 members (excludes halogenated alkanes) is 1. The van der Waals surface area contributed by atoms with Gasteiger partial charge in [0.25, 0.3) is 0 Å². The van der Waals surface area contributed by atoms with E-state index in [1.54, 1.807) is 0 Å². The van der Waals surface area contributed by atoms with Crippen LogP contribution in [0.25, 0.3) is 11.1 Å². The Hall–Kier alpha value is -3.35. The number of aliphatic carboxylic acids is 1. The maximum absolute atomic E-state index is 13.4. The number of hydrogen-bond acceptors (Lipinski definition) is 4. The molecule has 7 heteroatoms. The number of ether oxygens (including phenoxy) is 1. The summed E-state index contributed by atoms with van der Waals surface area (Å²) in [6.07, 6.45) is 2.90. The van der Waals surface area contributed by atoms with E-state index in [0.29, 0.717) is 13.0 Å². The van der Waals surface area contributed by atoms with Crippen molar-refractivity contribution in [3.63, 3.8) is 0 Å². The molecule has 7 nitrogen and oxygen atoms in total. The number of carbonyl (C=O) groups is 3. The van der Waals surface area contributed by atoms with Crippen LogP contribution in [0.2, 0.25) is 0 Å². The van der Waals surface area contributed by atoms with E-state index in [-0.39, 0.29) is 24.3 Å². The van der Waals surface area contributed by atoms with Gasteiger partial charge >= 0.3 is 12.1 Å². The van der Waals surface area contributed by atoms with Crippen molar-refractivity contribution in [1.82, 2.24) is 10.2 Å². The van der Waals surface area contributed by atoms with Crippen molar-refractivity contribution >= 4 is 18.0 Å². The molecule has 2 aliphatic rings. The number of carboxylic acids is 1. The maximum atomic E-state index is 13.4. The number of carboxylic acid groups (broad SMARTS) is 1. The van der Waals surface area contributed by atoms with Gasteiger partial charge in [-0.15, -0.1) is 0 Å². The molecule has 2 aromatic carbocycles. The van der Waals surface area contributed by atoms with Crippen LogP contribution in [-0.2, 0) is 14.3 Å². The molecule has 2 amide bonds. The molecule has 2 N–H and O–H groups in total. The van der Waals surface area contributed by atoms with Crippen molar-refractivity contribution in [3.8, 4) is 11.1 Å². The van der Waals surface area contributed by atoms with Crippen LogP contribution in [0.5, 0.6) is 0 Å². The van der Waals surface area contributed by atoms with Gasteiger partial charge in [0.15, 0.2) is 0 Å². The van der Waals surface area contributed by atoms with Gasteiger partial charge in [-0.3, -0.25) is 4.79 Å². The molecule has 0 saturated carbocycles. The first kappa shape index (κ1) is 24.8. The summed E-state index contributed by atoms with van der Waals surface area (Å²) in [5.74, 6) is -1.55. The predicted molar refractivity (Wildman–Crippen MR) is 133 cm³/mol. The second-order valence-corrected chi connectivity index (χ2v) is 9.60. The lowest BCUT2D eigenvalue weighted by Gasteiger charge is -2.39. The van der Waals surface area contributed by atoms with Crippen molar-refractivity contribution in [2.75, 3.05) is 13.2 Å². The molecule has 186 valence electrons. The van der Waals surface area contributed by atoms with Crippen LogP contribution in [0.3, 0.4) is 0 Å². The summed E-state index contributed by atoms with van der Waals surface area (Å²) in [7, 11) is 0. The number of carbonyl (C=O) groups excluding carboxylic acids is 2. The summed E-state index contributed by atoms with van der Waals surface area (Å²) in [6, 6.07) is 14.5. The van der Waals surface area contributed by atoms with Crippen molar-refractivity contribution in [2.45, 2.75) is 64.0 Å². The Labute approximate surface area is 206 Å². The summed E-state index contributed by atoms with van der Waals surface area (Å²) in [5, 5.41) is 12.5. The average Bonchev–Trinajstić information content (AvgIpc) is 3.18. The molecule has 0 radical (unpaired) electrons. The normalized spacial score (nSPS) is 20.0. The van der Waals surface area contributed by atoms with E-state index < -0.39 is 24.1 Å². The Morgan fingerprint density at radius 1 is 1.09 bits per heavy atom. The number of rotatable bonds is 8. The highest BCUT2D eigenvalue weighted by Gasteiger charge is 2.40. The minimum absolute atomic E-state index is 0.0720. The summed E-state index contributed by atoms with van der Waals surface area (Å²) in [6.45, 7) is 4.41. The van der Waals surface area contributed by atoms with Gasteiger partial charge in [0.2, 0.25) is 5.91 Å². The number of nitrogens with one attached hydrogen (secondary N) is 1. The highest BCUT2D eigenvalue weighted by molar-refractivity contribution is 5.89. The van der Waals surface area contributed by atoms with Crippen LogP contribution in [0.15, 0.2) is 48.5 Å². The summed E-state index contributed by atoms with van der Waals surface area (Å²) >= 11 is 0. The minimum Gasteiger partial charge on any atom is -0.480 e. The number of alkyl carbamates (subject to hydrolysis) is 1. The molecule has 35 heavy (non-hydrogen) atoms. The molecule has 0 spiro atoms. The lowest BCUT2D eigenvalue weighted by Crippen LogP contribution is -2.57. The molecule has 3 atom stereocenters. The van der Waals surface area contributed by atoms with Gasteiger partial charge in [-0.1, -0.05) is 75.2 Å². The van der Waals surface area contributed by atoms with Gasteiger partial charge in [0.1, 0.15) is 18.7 Å². The van der Waals surface area contributed by atoms with E-state index in [9.17, 15) is 19.5 Å². The van der Waals surface area contributed by atoms with Crippen LogP contribution in [-0.4, -0.2) is 53.2 Å². The zero-order chi connectivity index (χ0) is 24.9. The molecule has 0 aromatic heterocycles. The molecule has 4 rings (SSSR count). The summed E-state index contributed by atoms with van der Waals surface area (Å²) < 4.78 is 5.65. The fourth-order valence-corrected chi connectivity index (χ4v) is 5.46. The third-order valence-electron chi connectivity index (χ3n) is 7.25. The SMILES string of the molecule is CCCC[C@H](NC(=O)OCC1c2ccccc2-c2ccccc21)C(=O)N1CCCC(C)C1C(=O)O. The number of likely N-dealkylation sites (tertiary alicyclic amines) is 1. The van der Waals surface area contributed by atoms with E-state index in [2.05, 4.69) is 29.6 Å². The average molecular weight is 479 g/mol. The van der Waals surface area contributed by atoms with Gasteiger partial charge < -0.3 is 20.1 Å². The largest absolute Gasteiger partial charge is 0.480 e. The van der Waals surface area contributed by atoms with Gasteiger partial charge in [0, 0.05) is 12.5 Å². The fourth-order valence-electron chi connectivity index (χ4n) is 5.46. The van der Waals surface area contributed by atoms with Gasteiger partial charge in [-0.2, -0.15) is 0 Å². The summed E-state index contributed by atoms with van der Waals surface area (Å²) in [4.78, 5) is 39.5. The van der Waals surface area contributed by atoms with E-state index in [1.165, 1.54) is 4.90 Å². The zero-order valence-electron chi connectivity index (χ0n) is 20.4. The number of amides is 2. The van der Waals surface area contributed by atoms with Crippen molar-refractivity contribution in [2.24, 2.45) is 5.92 Å². The van der Waals surface area contributed by atoms with Crippen molar-refractivity contribution < 1.29 is 24.2 Å². The highest BCUT2D eigenvalue weighted by Crippen LogP contribution is 2.44. The molecular weight excluding hydrogens is 444 g/mol. The molecule has 2 aromatic rings. The number of benzene rings is 2. The van der Waals surface area contributed by atoms with E-state index in [4.69, 9.17) is 4.74 Å². The Bertz CT molecular complexity index is 1040. The molecule has 1 fully saturated rings. The third-order valence-corrected chi connectivity index (χ3v) is 7.25. The number of piperidine rings is 1. The fraction of sp³-hybridized carbons (Fsp3) is 0.464. The first-order valence-electron chi connectivity index (χ1n) is 12.6. The number of nitrogens with zero attached hydrogens (tertiary/aromatic N) is 1. The van der Waals surface area contributed by atoms with E-state index >= 15 is 0 Å². The smallest absolute Gasteiger partial charge is 0.407 e. The monoisotopic (exact) mass is 478 g/mol. The first-order valence-corrected chi connectivity index (χ1v) is 12.6. The van der Waals surface area contributed by atoms with E-state index in [1.807, 2.05) is 38.1 Å². The molecule has 2 unspecified atom stereocenters. The zero-order valence-corrected chi connectivity index (χ0v) is 20.4.